The molecular weight excluding hydrogens is 336 g/mol. The van der Waals surface area contributed by atoms with Gasteiger partial charge in [0, 0.05) is 17.0 Å². The van der Waals surface area contributed by atoms with Crippen LogP contribution in [0.25, 0.3) is 0 Å². The summed E-state index contributed by atoms with van der Waals surface area (Å²) in [5.74, 6) is 2.05. The largest absolute Gasteiger partial charge is 0.457 e. The average Bonchev–Trinajstić information content (AvgIpc) is 3.10. The Morgan fingerprint density at radius 2 is 1.64 bits per heavy atom. The first-order valence-corrected chi connectivity index (χ1v) is 8.64. The molecule has 0 aromatic heterocycles. The number of rotatable bonds is 3. The van der Waals surface area contributed by atoms with Crippen LogP contribution in [0.2, 0.25) is 0 Å². The molecule has 5 heteroatoms. The Kier molecular flexibility index (Phi) is 5.30. The molecule has 3 N–H and O–H groups in total. The van der Waals surface area contributed by atoms with Gasteiger partial charge < -0.3 is 15.8 Å². The van der Waals surface area contributed by atoms with Crippen LogP contribution in [0.3, 0.4) is 0 Å². The van der Waals surface area contributed by atoms with Gasteiger partial charge in [0.2, 0.25) is 5.91 Å². The van der Waals surface area contributed by atoms with Crippen LogP contribution in [0.5, 0.6) is 11.5 Å². The van der Waals surface area contributed by atoms with E-state index in [1.165, 1.54) is 0 Å². The fourth-order valence-corrected chi connectivity index (χ4v) is 3.98. The molecule has 1 heterocycles. The van der Waals surface area contributed by atoms with Gasteiger partial charge in [-0.05, 0) is 37.4 Å². The van der Waals surface area contributed by atoms with E-state index in [0.29, 0.717) is 12.5 Å². The Morgan fingerprint density at radius 1 is 1.04 bits per heavy atom. The standard InChI is InChI=1S/C20H22N2O2.ClH/c21-12-13-6-5-9-14(13)20(23)22-19-15-7-1-3-10-17(15)24-18-11-4-2-8-16(18)19;/h1-4,7-8,10-11,13-14,19H,5-6,9,12,21H2,(H,22,23);1H/t13-,14-;/m1./s1. The molecule has 2 aromatic carbocycles. The number of ether oxygens (including phenoxy) is 1. The van der Waals surface area contributed by atoms with Crippen LogP contribution in [0.1, 0.15) is 36.4 Å². The van der Waals surface area contributed by atoms with E-state index < -0.39 is 0 Å². The second-order valence-electron chi connectivity index (χ2n) is 6.65. The van der Waals surface area contributed by atoms with Crippen LogP contribution in [0, 0.1) is 11.8 Å². The van der Waals surface area contributed by atoms with E-state index in [4.69, 9.17) is 10.5 Å². The Bertz CT molecular complexity index is 719. The van der Waals surface area contributed by atoms with Crippen LogP contribution >= 0.6 is 12.4 Å². The first kappa shape index (κ1) is 17.8. The maximum absolute atomic E-state index is 12.9. The molecule has 132 valence electrons. The van der Waals surface area contributed by atoms with Crippen LogP contribution in [0.4, 0.5) is 0 Å². The number of para-hydroxylation sites is 2. The number of hydrogen-bond acceptors (Lipinski definition) is 3. The van der Waals surface area contributed by atoms with Gasteiger partial charge in [0.15, 0.2) is 0 Å². The van der Waals surface area contributed by atoms with E-state index in [-0.39, 0.29) is 30.3 Å². The number of carbonyl (C=O) groups is 1. The van der Waals surface area contributed by atoms with Gasteiger partial charge in [-0.3, -0.25) is 4.79 Å². The summed E-state index contributed by atoms with van der Waals surface area (Å²) in [6, 6.07) is 15.6. The van der Waals surface area contributed by atoms with E-state index in [1.807, 2.05) is 48.5 Å². The minimum atomic E-state index is -0.169. The predicted octanol–water partition coefficient (Wildman–Crippen LogP) is 3.79. The van der Waals surface area contributed by atoms with Crippen molar-refractivity contribution in [3.8, 4) is 11.5 Å². The lowest BCUT2D eigenvalue weighted by atomic mass is 9.91. The van der Waals surface area contributed by atoms with Gasteiger partial charge in [-0.15, -0.1) is 12.4 Å². The van der Waals surface area contributed by atoms with Gasteiger partial charge in [0.05, 0.1) is 6.04 Å². The number of fused-ring (bicyclic) bond motifs is 2. The average molecular weight is 359 g/mol. The summed E-state index contributed by atoms with van der Waals surface area (Å²) < 4.78 is 5.99. The molecule has 1 aliphatic carbocycles. The molecule has 1 amide bonds. The van der Waals surface area contributed by atoms with Gasteiger partial charge in [0.1, 0.15) is 11.5 Å². The van der Waals surface area contributed by atoms with Crippen molar-refractivity contribution in [2.24, 2.45) is 17.6 Å². The molecule has 4 nitrogen and oxygen atoms in total. The summed E-state index contributed by atoms with van der Waals surface area (Å²) in [4.78, 5) is 12.9. The van der Waals surface area contributed by atoms with Gasteiger partial charge in [-0.1, -0.05) is 42.8 Å². The van der Waals surface area contributed by atoms with Crippen LogP contribution in [-0.2, 0) is 4.79 Å². The normalized spacial score (nSPS) is 21.5. The zero-order valence-corrected chi connectivity index (χ0v) is 14.8. The SMILES string of the molecule is Cl.NC[C@H]1CCC[C@H]1C(=O)NC1c2ccccc2Oc2ccccc21. The van der Waals surface area contributed by atoms with Gasteiger partial charge in [0.25, 0.3) is 0 Å². The monoisotopic (exact) mass is 358 g/mol. The third kappa shape index (κ3) is 3.24. The van der Waals surface area contributed by atoms with Crippen molar-refractivity contribution in [1.82, 2.24) is 5.32 Å². The van der Waals surface area contributed by atoms with Crippen molar-refractivity contribution in [2.75, 3.05) is 6.54 Å². The van der Waals surface area contributed by atoms with E-state index in [2.05, 4.69) is 5.32 Å². The molecule has 2 atom stereocenters. The van der Waals surface area contributed by atoms with E-state index in [9.17, 15) is 4.79 Å². The van der Waals surface area contributed by atoms with Crippen molar-refractivity contribution >= 4 is 18.3 Å². The number of nitrogens with two attached hydrogens (primary N) is 1. The highest BCUT2D eigenvalue weighted by Gasteiger charge is 2.35. The first-order chi connectivity index (χ1) is 11.8. The van der Waals surface area contributed by atoms with Crippen molar-refractivity contribution in [1.29, 1.82) is 0 Å². The quantitative estimate of drug-likeness (QED) is 0.877. The van der Waals surface area contributed by atoms with Crippen LogP contribution in [-0.4, -0.2) is 12.5 Å². The Morgan fingerprint density at radius 3 is 2.24 bits per heavy atom. The number of nitrogens with one attached hydrogen (secondary N) is 1. The van der Waals surface area contributed by atoms with E-state index in [1.54, 1.807) is 0 Å². The highest BCUT2D eigenvalue weighted by molar-refractivity contribution is 5.85. The Balaban J connectivity index is 0.00000182. The third-order valence-electron chi connectivity index (χ3n) is 5.27. The number of carbonyl (C=O) groups excluding carboxylic acids is 1. The fraction of sp³-hybridized carbons (Fsp3) is 0.350. The number of benzene rings is 2. The lowest BCUT2D eigenvalue weighted by Crippen LogP contribution is -2.38. The maximum Gasteiger partial charge on any atom is 0.224 e. The van der Waals surface area contributed by atoms with Crippen molar-refractivity contribution < 1.29 is 9.53 Å². The van der Waals surface area contributed by atoms with Crippen LogP contribution < -0.4 is 15.8 Å². The molecule has 0 bridgehead atoms. The molecule has 25 heavy (non-hydrogen) atoms. The summed E-state index contributed by atoms with van der Waals surface area (Å²) in [5.41, 5.74) is 7.86. The molecule has 1 fully saturated rings. The summed E-state index contributed by atoms with van der Waals surface area (Å²) in [6.07, 6.45) is 3.07. The number of halogens is 1. The summed E-state index contributed by atoms with van der Waals surface area (Å²) in [7, 11) is 0. The molecule has 2 aromatic rings. The molecule has 0 radical (unpaired) electrons. The maximum atomic E-state index is 12.9. The Labute approximate surface area is 154 Å². The summed E-state index contributed by atoms with van der Waals surface area (Å²) >= 11 is 0. The highest BCUT2D eigenvalue weighted by Crippen LogP contribution is 2.43. The highest BCUT2D eigenvalue weighted by atomic mass is 35.5. The molecule has 0 unspecified atom stereocenters. The molecule has 0 spiro atoms. The predicted molar refractivity (Wildman–Crippen MR) is 100 cm³/mol. The number of amides is 1. The summed E-state index contributed by atoms with van der Waals surface area (Å²) in [5, 5.41) is 3.26. The van der Waals surface area contributed by atoms with Gasteiger partial charge in [-0.2, -0.15) is 0 Å². The molecule has 2 aliphatic rings. The van der Waals surface area contributed by atoms with Gasteiger partial charge in [-0.25, -0.2) is 0 Å². The lowest BCUT2D eigenvalue weighted by Gasteiger charge is -2.30. The lowest BCUT2D eigenvalue weighted by molar-refractivity contribution is -0.126. The smallest absolute Gasteiger partial charge is 0.224 e. The minimum absolute atomic E-state index is 0. The number of hydrogen-bond donors (Lipinski definition) is 2. The second-order valence-corrected chi connectivity index (χ2v) is 6.65. The topological polar surface area (TPSA) is 64.4 Å². The van der Waals surface area contributed by atoms with Crippen molar-refractivity contribution in [2.45, 2.75) is 25.3 Å². The molecule has 0 saturated heterocycles. The first-order valence-electron chi connectivity index (χ1n) is 8.64. The zero-order valence-electron chi connectivity index (χ0n) is 14.0. The second kappa shape index (κ2) is 7.46. The minimum Gasteiger partial charge on any atom is -0.457 e. The molecule has 1 saturated carbocycles. The molecular formula is C20H23ClN2O2. The van der Waals surface area contributed by atoms with E-state index in [0.717, 1.165) is 41.9 Å². The molecule has 1 aliphatic heterocycles. The molecule has 4 rings (SSSR count). The van der Waals surface area contributed by atoms with Gasteiger partial charge >= 0.3 is 0 Å². The van der Waals surface area contributed by atoms with Crippen molar-refractivity contribution in [3.63, 3.8) is 0 Å². The van der Waals surface area contributed by atoms with Crippen LogP contribution in [0.15, 0.2) is 48.5 Å². The summed E-state index contributed by atoms with van der Waals surface area (Å²) in [6.45, 7) is 0.582. The zero-order chi connectivity index (χ0) is 16.5. The van der Waals surface area contributed by atoms with Crippen molar-refractivity contribution in [3.05, 3.63) is 59.7 Å². The Hall–Kier alpha value is -2.04. The van der Waals surface area contributed by atoms with E-state index >= 15 is 0 Å². The third-order valence-corrected chi connectivity index (χ3v) is 5.27. The fourth-order valence-electron chi connectivity index (χ4n) is 3.98.